The molecule has 6 atom stereocenters. The minimum Gasteiger partial charge on any atom is -0.354 e. The molecule has 3 aliphatic heterocycles. The molecule has 3 aliphatic rings. The Bertz CT molecular complexity index is 4660. The third kappa shape index (κ3) is 11.5. The molecule has 21 heteroatoms. The largest absolute Gasteiger partial charge is 0.354 e. The summed E-state index contributed by atoms with van der Waals surface area (Å²) in [4.78, 5) is 79.8. The summed E-state index contributed by atoms with van der Waals surface area (Å²) >= 11 is 0. The fourth-order valence-electron chi connectivity index (χ4n) is 6.79. The zero-order chi connectivity index (χ0) is 83.3. The van der Waals surface area contributed by atoms with Gasteiger partial charge in [-0.1, -0.05) is 20.6 Å². The molecule has 9 rings (SSSR count). The molecule has 0 aliphatic carbocycles. The van der Waals surface area contributed by atoms with Gasteiger partial charge in [-0.2, -0.15) is 0 Å². The summed E-state index contributed by atoms with van der Waals surface area (Å²) in [6.45, 7) is -14.2. The Kier molecular flexibility index (Phi) is 7.23. The highest BCUT2D eigenvalue weighted by atomic mass is 16.2. The van der Waals surface area contributed by atoms with E-state index >= 15 is 0 Å². The van der Waals surface area contributed by atoms with Crippen molar-refractivity contribution in [3.8, 4) is 0 Å². The van der Waals surface area contributed by atoms with Crippen molar-refractivity contribution in [3.05, 3.63) is 88.4 Å². The van der Waals surface area contributed by atoms with Gasteiger partial charge in [0, 0.05) is 113 Å². The van der Waals surface area contributed by atoms with Gasteiger partial charge in [-0.25, -0.2) is 49.6 Å². The van der Waals surface area contributed by atoms with Gasteiger partial charge in [0.05, 0.1) is 48.0 Å². The summed E-state index contributed by atoms with van der Waals surface area (Å²) in [6.07, 6.45) is -8.24. The van der Waals surface area contributed by atoms with Crippen molar-refractivity contribution in [2.24, 2.45) is 17.7 Å². The topological polar surface area (TPSA) is 208 Å². The number of hydrogen-bond acceptors (Lipinski definition) is 12. The Morgan fingerprint density at radius 1 is 0.625 bits per heavy atom. The molecule has 3 N–H and O–H groups in total. The number of aromatic nitrogens is 9. The van der Waals surface area contributed by atoms with E-state index < -0.39 is 181 Å². The van der Waals surface area contributed by atoms with Crippen LogP contribution in [0.5, 0.6) is 0 Å². The Morgan fingerprint density at radius 3 is 1.46 bits per heavy atom. The zero-order valence-electron chi connectivity index (χ0n) is 74.5. The number of fused-ring (bicyclic) bond motifs is 3. The smallest absolute Gasteiger partial charge is 0.302 e. The minimum atomic E-state index is -4.30. The summed E-state index contributed by atoms with van der Waals surface area (Å²) in [7, 11) is 2.36. The third-order valence-electron chi connectivity index (χ3n) is 10.1. The van der Waals surface area contributed by atoms with E-state index in [4.69, 9.17) is 67.7 Å². The Balaban J connectivity index is 0.000000226. The average molecular weight is 1020 g/mol. The number of aromatic amines is 3. The molecule has 6 aromatic heterocycles. The predicted octanol–water partition coefficient (Wildman–Crippen LogP) is 5.58. The fraction of sp³-hybridized carbons (Fsp3) is 0.529. The van der Waals surface area contributed by atoms with Crippen LogP contribution in [-0.2, 0) is 14.4 Å². The Hall–Kier alpha value is -7.86. The van der Waals surface area contributed by atoms with Crippen LogP contribution in [0.25, 0.3) is 47.6 Å². The monoisotopic (exact) mass is 1010 g/mol. The molecular weight excluding hydrogens is 913 g/mol. The van der Waals surface area contributed by atoms with E-state index in [0.717, 1.165) is 35.8 Å². The number of anilines is 3. The van der Waals surface area contributed by atoms with E-state index in [2.05, 4.69) is 59.4 Å². The first-order valence-electron chi connectivity index (χ1n) is 38.8. The first-order chi connectivity index (χ1) is 48.6. The van der Waals surface area contributed by atoms with E-state index in [9.17, 15) is 15.8 Å². The molecule has 3 fully saturated rings. The third-order valence-corrected chi connectivity index (χ3v) is 10.1. The number of aryl methyl sites for hydroxylation is 3. The van der Waals surface area contributed by atoms with Crippen LogP contribution in [0.4, 0.5) is 17.5 Å². The Labute approximate surface area is 471 Å². The molecule has 9 heterocycles. The van der Waals surface area contributed by atoms with Crippen molar-refractivity contribution in [1.82, 2.24) is 59.6 Å². The number of nitrogens with one attached hydrogen (secondary N) is 3. The second-order valence-corrected chi connectivity index (χ2v) is 15.1. The van der Waals surface area contributed by atoms with Gasteiger partial charge in [-0.3, -0.25) is 14.4 Å². The Morgan fingerprint density at radius 2 is 1.03 bits per heavy atom. The summed E-state index contributed by atoms with van der Waals surface area (Å²) in [5, 5.41) is -0.297. The molecule has 0 radical (unpaired) electrons. The zero-order valence-corrected chi connectivity index (χ0v) is 38.5. The highest BCUT2D eigenvalue weighted by Crippen LogP contribution is 2.32. The van der Waals surface area contributed by atoms with Crippen molar-refractivity contribution in [1.29, 1.82) is 0 Å². The van der Waals surface area contributed by atoms with Gasteiger partial charge in [-0.15, -0.1) is 0 Å². The van der Waals surface area contributed by atoms with Crippen LogP contribution in [0, 0.1) is 58.2 Å². The van der Waals surface area contributed by atoms with Crippen LogP contribution in [0.2, 0.25) is 0 Å². The van der Waals surface area contributed by atoms with Crippen molar-refractivity contribution in [2.75, 3.05) is 94.4 Å². The predicted molar refractivity (Wildman–Crippen MR) is 278 cm³/mol. The quantitative estimate of drug-likeness (QED) is 0.152. The van der Waals surface area contributed by atoms with Gasteiger partial charge >= 0.3 is 17.7 Å². The normalized spacial score (nSPS) is 38.2. The molecule has 72 heavy (non-hydrogen) atoms. The summed E-state index contributed by atoms with van der Waals surface area (Å²) in [5.74, 6) is -15.8. The average Bonchev–Trinajstić information content (AvgIpc) is 0.783. The van der Waals surface area contributed by atoms with Gasteiger partial charge in [-0.05, 0) is 75.7 Å². The lowest BCUT2D eigenvalue weighted by molar-refractivity contribution is -0.131. The van der Waals surface area contributed by atoms with Crippen LogP contribution in [0.3, 0.4) is 0 Å². The van der Waals surface area contributed by atoms with Gasteiger partial charge in [0.1, 0.15) is 53.4 Å². The van der Waals surface area contributed by atoms with Gasteiger partial charge in [0.25, 0.3) is 19.6 Å². The number of rotatable bonds is 9. The maximum Gasteiger partial charge on any atom is 0.302 e. The lowest BCUT2D eigenvalue weighted by Crippen LogP contribution is -2.53. The maximum atomic E-state index is 12.9. The van der Waals surface area contributed by atoms with E-state index in [1.165, 1.54) is 14.0 Å². The summed E-state index contributed by atoms with van der Waals surface area (Å²) in [5.41, 5.74) is 1.03. The first kappa shape index (κ1) is 22.7. The molecule has 0 spiro atoms. The van der Waals surface area contributed by atoms with Crippen LogP contribution in [-0.4, -0.2) is 175 Å². The minimum absolute atomic E-state index is 0.0101. The van der Waals surface area contributed by atoms with Crippen molar-refractivity contribution in [3.63, 3.8) is 0 Å². The summed E-state index contributed by atoms with van der Waals surface area (Å²) in [6, 6.07) is -9.19. The number of piperidine rings is 3. The van der Waals surface area contributed by atoms with E-state index in [1.807, 2.05) is 0 Å². The number of carbonyl (C=O) groups excluding carboxylic acids is 3. The van der Waals surface area contributed by atoms with E-state index in [-0.39, 0.29) is 71.8 Å². The highest BCUT2D eigenvalue weighted by molar-refractivity contribution is 5.90. The molecule has 378 valence electrons. The molecule has 3 amide bonds. The van der Waals surface area contributed by atoms with Crippen LogP contribution in [0.1, 0.15) is 106 Å². The summed E-state index contributed by atoms with van der Waals surface area (Å²) < 4.78 is 302. The molecule has 6 aromatic rings. The van der Waals surface area contributed by atoms with Gasteiger partial charge < -0.3 is 58.9 Å². The number of likely N-dealkylation sites (N-methyl/N-ethyl adjacent to an activating group) is 3. The lowest BCUT2D eigenvalue weighted by Gasteiger charge is -2.41. The first-order valence-corrected chi connectivity index (χ1v) is 20.8. The number of nitrogens with zero attached hydrogens (tertiary/aromatic N) is 15. The molecule has 0 bridgehead atoms. The van der Waals surface area contributed by atoms with Crippen molar-refractivity contribution < 1.29 is 63.7 Å². The molecule has 0 saturated carbocycles. The van der Waals surface area contributed by atoms with Crippen molar-refractivity contribution in [2.45, 2.75) is 78.5 Å². The molecule has 21 nitrogen and oxygen atoms in total. The fourth-order valence-corrected chi connectivity index (χ4v) is 6.79. The lowest BCUT2D eigenvalue weighted by atomic mass is 9.92. The molecule has 0 aromatic carbocycles. The molecule has 0 unspecified atom stereocenters. The molecule has 3 saturated heterocycles. The molecular formula is C51H66N18O3. The second-order valence-electron chi connectivity index (χ2n) is 15.1. The standard InChI is InChI=1S/3C17H22N6O/c3*1-11-5-6-23(15(24)8-18-3)9-14(11)22(4)17-13-7-12(2)21-16(13)19-10-20-17/h3*7,10-11,14H,5-6,8-9H2,1-2,4H3,(H,19,20,21)/t3*11-,14+/m111/s1/i1D3,4D3,5D2,6D2,7D,9D2,11D,14D;1D3,5D2,6D2,7D,9D2,11D;1D3,5D2,6D2,7D,9D2. The highest BCUT2D eigenvalue weighted by Gasteiger charge is 2.36. The van der Waals surface area contributed by atoms with Gasteiger partial charge in [0.2, 0.25) is 0 Å². The van der Waals surface area contributed by atoms with Crippen LogP contribution in [0.15, 0.2) is 37.1 Å². The van der Waals surface area contributed by atoms with Gasteiger partial charge in [0.15, 0.2) is 0 Å². The van der Waals surface area contributed by atoms with Crippen molar-refractivity contribution >= 4 is 68.3 Å². The van der Waals surface area contributed by atoms with Crippen LogP contribution < -0.4 is 14.7 Å². The van der Waals surface area contributed by atoms with Crippen LogP contribution >= 0.6 is 0 Å². The van der Waals surface area contributed by atoms with E-state index in [0.29, 0.717) is 11.4 Å². The number of hydrogen-bond donors (Lipinski definition) is 3. The SMILES string of the molecule is [2H]c1c(C)[nH]c2ncnc(N(C([2H])([2H])[2H])[C@@]3([2H])C([2H])([2H])N(C(=O)C[N+]#[C-])C([2H])([2H])C([2H])([2H])[C@@]3([2H])C([2H])([2H])[2H])c12.[2H]c1c(C)[nH]c2ncnc(N(C)[C@@H]3[C@H](C([2H])([2H])[2H])C([2H])([2H])C([2H])([2H])N(C(=O)C[N+]#[C-])C3([2H])[2H])c12.[2H]c1c(C)[nH]c2ncnc(N(C)[C@H]3C([2H])([2H])N(C(=O)C[N+]#[C-])C([2H])([2H])C([2H])([2H])[C@@]3([2H])C([2H])([2H])[2H])c12. The number of amides is 3. The number of carbonyl (C=O) groups is 3. The second kappa shape index (κ2) is 22.9. The number of H-pyrrole nitrogens is 3. The maximum absolute atomic E-state index is 12.9. The number of likely N-dealkylation sites (tertiary alicyclic amines) is 3. The van der Waals surface area contributed by atoms with E-state index in [1.54, 1.807) is 13.8 Å².